The summed E-state index contributed by atoms with van der Waals surface area (Å²) in [6, 6.07) is 4.77. The van der Waals surface area contributed by atoms with Crippen molar-refractivity contribution < 1.29 is 14.7 Å². The number of carboxylic acids is 1. The summed E-state index contributed by atoms with van der Waals surface area (Å²) in [5, 5.41) is 9.41. The van der Waals surface area contributed by atoms with Gasteiger partial charge in [0.1, 0.15) is 6.54 Å². The predicted molar refractivity (Wildman–Crippen MR) is 77.6 cm³/mol. The van der Waals surface area contributed by atoms with Gasteiger partial charge in [-0.05, 0) is 54.9 Å². The van der Waals surface area contributed by atoms with Gasteiger partial charge >= 0.3 is 5.97 Å². The summed E-state index contributed by atoms with van der Waals surface area (Å²) >= 11 is 9.12. The Labute approximate surface area is 125 Å². The van der Waals surface area contributed by atoms with Gasteiger partial charge in [-0.25, -0.2) is 0 Å². The number of hydrogen-bond acceptors (Lipinski definition) is 2. The second kappa shape index (κ2) is 5.92. The van der Waals surface area contributed by atoms with E-state index in [2.05, 4.69) is 15.9 Å². The van der Waals surface area contributed by atoms with E-state index in [0.29, 0.717) is 15.1 Å². The molecule has 0 aliphatic heterocycles. The molecule has 0 spiro atoms. The van der Waals surface area contributed by atoms with E-state index in [1.165, 1.54) is 4.90 Å². The van der Waals surface area contributed by atoms with Crippen LogP contribution in [0.2, 0.25) is 5.02 Å². The van der Waals surface area contributed by atoms with Crippen LogP contribution in [0.5, 0.6) is 0 Å². The third kappa shape index (κ3) is 4.21. The van der Waals surface area contributed by atoms with E-state index < -0.39 is 11.5 Å². The maximum absolute atomic E-state index is 12.4. The van der Waals surface area contributed by atoms with Crippen LogP contribution in [0, 0.1) is 0 Å². The van der Waals surface area contributed by atoms with Crippen molar-refractivity contribution >= 4 is 39.4 Å². The van der Waals surface area contributed by atoms with Gasteiger partial charge in [0, 0.05) is 15.6 Å². The lowest BCUT2D eigenvalue weighted by atomic mass is 10.0. The Morgan fingerprint density at radius 3 is 2.37 bits per heavy atom. The monoisotopic (exact) mass is 347 g/mol. The van der Waals surface area contributed by atoms with Gasteiger partial charge in [0.05, 0.1) is 5.02 Å². The molecule has 0 saturated heterocycles. The van der Waals surface area contributed by atoms with Crippen molar-refractivity contribution in [2.24, 2.45) is 0 Å². The second-order valence-electron chi connectivity index (χ2n) is 5.08. The number of hydrogen-bond donors (Lipinski definition) is 1. The number of carboxylic acid groups (broad SMARTS) is 1. The Balaban J connectivity index is 3.12. The van der Waals surface area contributed by atoms with E-state index in [1.54, 1.807) is 39.0 Å². The zero-order valence-electron chi connectivity index (χ0n) is 10.9. The maximum Gasteiger partial charge on any atom is 0.323 e. The minimum atomic E-state index is -1.05. The molecule has 0 heterocycles. The van der Waals surface area contributed by atoms with Gasteiger partial charge in [-0.1, -0.05) is 11.6 Å². The molecule has 1 rings (SSSR count). The Morgan fingerprint density at radius 1 is 1.37 bits per heavy atom. The lowest BCUT2D eigenvalue weighted by molar-refractivity contribution is -0.138. The fourth-order valence-corrected chi connectivity index (χ4v) is 2.03. The zero-order chi connectivity index (χ0) is 14.8. The van der Waals surface area contributed by atoms with Crippen molar-refractivity contribution in [2.45, 2.75) is 26.3 Å². The Kier molecular flexibility index (Phi) is 4.98. The first-order chi connectivity index (χ1) is 8.62. The molecular formula is C13H15BrClNO3. The molecule has 1 N–H and O–H groups in total. The highest BCUT2D eigenvalue weighted by molar-refractivity contribution is 9.10. The number of aliphatic carboxylic acids is 1. The van der Waals surface area contributed by atoms with Crippen LogP contribution in [-0.2, 0) is 4.79 Å². The first kappa shape index (κ1) is 16.0. The average Bonchev–Trinajstić information content (AvgIpc) is 2.27. The number of nitrogens with zero attached hydrogens (tertiary/aromatic N) is 1. The van der Waals surface area contributed by atoms with E-state index in [0.717, 1.165) is 0 Å². The standard InChI is InChI=1S/C13H15BrClNO3/c1-13(2,3)16(7-11(17)18)12(19)8-4-5-10(15)9(14)6-8/h4-6H,7H2,1-3H3,(H,17,18). The summed E-state index contributed by atoms with van der Waals surface area (Å²) in [5.41, 5.74) is -0.186. The molecule has 0 aliphatic carbocycles. The van der Waals surface area contributed by atoms with Crippen LogP contribution in [0.15, 0.2) is 22.7 Å². The molecule has 0 fully saturated rings. The molecule has 19 heavy (non-hydrogen) atoms. The van der Waals surface area contributed by atoms with E-state index in [-0.39, 0.29) is 12.5 Å². The largest absolute Gasteiger partial charge is 0.480 e. The van der Waals surface area contributed by atoms with Gasteiger partial charge in [0.2, 0.25) is 0 Å². The fraction of sp³-hybridized carbons (Fsp3) is 0.385. The topological polar surface area (TPSA) is 57.6 Å². The summed E-state index contributed by atoms with van der Waals surface area (Å²) in [5.74, 6) is -1.39. The van der Waals surface area contributed by atoms with Crippen molar-refractivity contribution in [1.29, 1.82) is 0 Å². The lowest BCUT2D eigenvalue weighted by Crippen LogP contribution is -2.48. The smallest absolute Gasteiger partial charge is 0.323 e. The molecule has 6 heteroatoms. The molecule has 1 aromatic carbocycles. The van der Waals surface area contributed by atoms with E-state index in [9.17, 15) is 9.59 Å². The first-order valence-corrected chi connectivity index (χ1v) is 6.79. The molecular weight excluding hydrogens is 334 g/mol. The van der Waals surface area contributed by atoms with Gasteiger partial charge < -0.3 is 10.0 Å². The van der Waals surface area contributed by atoms with Crippen LogP contribution in [0.25, 0.3) is 0 Å². The number of amides is 1. The van der Waals surface area contributed by atoms with Gasteiger partial charge in [-0.2, -0.15) is 0 Å². The quantitative estimate of drug-likeness (QED) is 0.910. The van der Waals surface area contributed by atoms with Crippen molar-refractivity contribution in [2.75, 3.05) is 6.54 Å². The van der Waals surface area contributed by atoms with E-state index in [4.69, 9.17) is 16.7 Å². The Hall–Kier alpha value is -1.07. The Morgan fingerprint density at radius 2 is 1.95 bits per heavy atom. The molecule has 0 aromatic heterocycles. The van der Waals surface area contributed by atoms with Crippen molar-refractivity contribution in [3.63, 3.8) is 0 Å². The minimum absolute atomic E-state index is 0.340. The molecule has 0 saturated carbocycles. The molecule has 0 unspecified atom stereocenters. The third-order valence-electron chi connectivity index (χ3n) is 2.51. The van der Waals surface area contributed by atoms with Crippen molar-refractivity contribution in [1.82, 2.24) is 4.90 Å². The van der Waals surface area contributed by atoms with Crippen LogP contribution >= 0.6 is 27.5 Å². The number of benzene rings is 1. The fourth-order valence-electron chi connectivity index (χ4n) is 1.53. The first-order valence-electron chi connectivity index (χ1n) is 5.61. The average molecular weight is 349 g/mol. The SMILES string of the molecule is CC(C)(C)N(CC(=O)O)C(=O)c1ccc(Cl)c(Br)c1. The number of carbonyl (C=O) groups is 2. The molecule has 0 atom stereocenters. The van der Waals surface area contributed by atoms with Crippen molar-refractivity contribution in [3.05, 3.63) is 33.3 Å². The van der Waals surface area contributed by atoms with E-state index in [1.807, 2.05) is 0 Å². The highest BCUT2D eigenvalue weighted by Gasteiger charge is 2.29. The molecule has 1 amide bonds. The van der Waals surface area contributed by atoms with Crippen LogP contribution in [0.3, 0.4) is 0 Å². The van der Waals surface area contributed by atoms with Gasteiger partial charge in [-0.15, -0.1) is 0 Å². The molecule has 0 radical (unpaired) electrons. The molecule has 104 valence electrons. The third-order valence-corrected chi connectivity index (χ3v) is 3.73. The molecule has 0 aliphatic rings. The van der Waals surface area contributed by atoms with Crippen LogP contribution in [-0.4, -0.2) is 34.0 Å². The van der Waals surface area contributed by atoms with Gasteiger partial charge in [-0.3, -0.25) is 9.59 Å². The number of rotatable bonds is 3. The normalized spacial score (nSPS) is 11.2. The summed E-state index contributed by atoms with van der Waals surface area (Å²) in [4.78, 5) is 24.6. The summed E-state index contributed by atoms with van der Waals surface area (Å²) < 4.78 is 0.601. The van der Waals surface area contributed by atoms with Crippen LogP contribution < -0.4 is 0 Å². The summed E-state index contributed by atoms with van der Waals surface area (Å²) in [6.07, 6.45) is 0. The van der Waals surface area contributed by atoms with Crippen molar-refractivity contribution in [3.8, 4) is 0 Å². The highest BCUT2D eigenvalue weighted by atomic mass is 79.9. The number of carbonyl (C=O) groups excluding carboxylic acids is 1. The summed E-state index contributed by atoms with van der Waals surface area (Å²) in [7, 11) is 0. The molecule has 1 aromatic rings. The molecule has 4 nitrogen and oxygen atoms in total. The lowest BCUT2D eigenvalue weighted by Gasteiger charge is -2.34. The maximum atomic E-state index is 12.4. The van der Waals surface area contributed by atoms with Crippen LogP contribution in [0.1, 0.15) is 31.1 Å². The number of halogens is 2. The van der Waals surface area contributed by atoms with Gasteiger partial charge in [0.25, 0.3) is 5.91 Å². The van der Waals surface area contributed by atoms with Crippen LogP contribution in [0.4, 0.5) is 0 Å². The van der Waals surface area contributed by atoms with E-state index >= 15 is 0 Å². The molecule has 0 bridgehead atoms. The highest BCUT2D eigenvalue weighted by Crippen LogP contribution is 2.25. The second-order valence-corrected chi connectivity index (χ2v) is 6.35. The minimum Gasteiger partial charge on any atom is -0.480 e. The predicted octanol–water partition coefficient (Wildman–Crippen LogP) is 3.43. The van der Waals surface area contributed by atoms with Gasteiger partial charge in [0.15, 0.2) is 0 Å². The zero-order valence-corrected chi connectivity index (χ0v) is 13.2. The Bertz CT molecular complexity index is 511. The summed E-state index contributed by atoms with van der Waals surface area (Å²) in [6.45, 7) is 5.03.